The molecule has 0 aliphatic carbocycles. The fourth-order valence-electron chi connectivity index (χ4n) is 0.694. The monoisotopic (exact) mass is 298 g/mol. The minimum Gasteiger partial charge on any atom is -0.0815 e. The summed E-state index contributed by atoms with van der Waals surface area (Å²) in [5, 5.41) is 0.605. The normalized spacial score (nSPS) is 12.6. The molecule has 1 aromatic rings. The highest BCUT2D eigenvalue weighted by molar-refractivity contribution is 14.1. The van der Waals surface area contributed by atoms with Gasteiger partial charge < -0.3 is 0 Å². The molecule has 0 atom stereocenters. The number of halogens is 3. The van der Waals surface area contributed by atoms with Crippen molar-refractivity contribution in [1.29, 1.82) is 0 Å². The average molecular weight is 299 g/mol. The Morgan fingerprint density at radius 2 is 1.64 bits per heavy atom. The lowest BCUT2D eigenvalue weighted by Gasteiger charge is -1.97. The van der Waals surface area contributed by atoms with Crippen molar-refractivity contribution >= 4 is 50.8 Å². The quantitative estimate of drug-likeness (QED) is 0.681. The zero-order chi connectivity index (χ0) is 8.27. The van der Waals surface area contributed by atoms with E-state index in [-0.39, 0.29) is 0 Å². The zero-order valence-corrected chi connectivity index (χ0v) is 9.19. The first-order valence-corrected chi connectivity index (χ1v) is 4.81. The largest absolute Gasteiger partial charge is 0.0980 e. The Morgan fingerprint density at radius 1 is 1.09 bits per heavy atom. The van der Waals surface area contributed by atoms with Crippen molar-refractivity contribution in [1.82, 2.24) is 0 Å². The fraction of sp³-hybridized carbons (Fsp3) is 0. The molecule has 0 radical (unpaired) electrons. The van der Waals surface area contributed by atoms with Gasteiger partial charge in [0.2, 0.25) is 0 Å². The highest BCUT2D eigenvalue weighted by Crippen LogP contribution is 2.28. The molecule has 0 nitrogen and oxygen atoms in total. The Hall–Kier alpha value is 0.270. The Balaban J connectivity index is 3.04. The summed E-state index contributed by atoms with van der Waals surface area (Å²) in [5.74, 6) is 0. The first-order valence-electron chi connectivity index (χ1n) is 2.98. The van der Waals surface area contributed by atoms with Gasteiger partial charge in [-0.2, -0.15) is 0 Å². The van der Waals surface area contributed by atoms with Crippen molar-refractivity contribution in [3.05, 3.63) is 38.9 Å². The lowest BCUT2D eigenvalue weighted by atomic mass is 10.2. The first kappa shape index (κ1) is 9.36. The number of hydrogen-bond acceptors (Lipinski definition) is 0. The summed E-state index contributed by atoms with van der Waals surface area (Å²) in [4.78, 5) is 0. The molecule has 3 heteroatoms. The Kier molecular flexibility index (Phi) is 3.69. The maximum Gasteiger partial charge on any atom is 0.0980 e. The molecule has 0 fully saturated rings. The smallest absolute Gasteiger partial charge is 0.0815 e. The van der Waals surface area contributed by atoms with Crippen LogP contribution in [-0.4, -0.2) is 0 Å². The van der Waals surface area contributed by atoms with Crippen molar-refractivity contribution in [3.63, 3.8) is 0 Å². The average Bonchev–Trinajstić information content (AvgIpc) is 2.05. The molecule has 0 bridgehead atoms. The molecule has 0 N–H and O–H groups in total. The Morgan fingerprint density at radius 3 is 2.09 bits per heavy atom. The van der Waals surface area contributed by atoms with Gasteiger partial charge in [-0.3, -0.25) is 0 Å². The summed E-state index contributed by atoms with van der Waals surface area (Å²) >= 11 is 13.6. The first-order chi connectivity index (χ1) is 5.22. The van der Waals surface area contributed by atoms with E-state index in [2.05, 4.69) is 0 Å². The van der Waals surface area contributed by atoms with E-state index in [1.165, 1.54) is 0 Å². The molecule has 0 aliphatic rings. The summed E-state index contributed by atoms with van der Waals surface area (Å²) in [6, 6.07) is 9.63. The second-order valence-corrected chi connectivity index (χ2v) is 4.41. The molecule has 0 aromatic heterocycles. The standard InChI is InChI=1S/C8H5Cl2I/c9-7(8(10)11)6-4-2-1-3-5-6/h1-5H/b8-7-. The second kappa shape index (κ2) is 4.33. The Bertz CT molecular complexity index is 263. The van der Waals surface area contributed by atoms with Gasteiger partial charge in [0, 0.05) is 0 Å². The van der Waals surface area contributed by atoms with E-state index in [1.54, 1.807) is 0 Å². The van der Waals surface area contributed by atoms with E-state index in [0.717, 1.165) is 5.56 Å². The maximum atomic E-state index is 5.88. The molecule has 0 saturated carbocycles. The van der Waals surface area contributed by atoms with Gasteiger partial charge in [0.1, 0.15) is 0 Å². The minimum absolute atomic E-state index is 0.593. The van der Waals surface area contributed by atoms with Crippen LogP contribution in [0.2, 0.25) is 0 Å². The van der Waals surface area contributed by atoms with E-state index >= 15 is 0 Å². The van der Waals surface area contributed by atoms with Crippen LogP contribution in [0.5, 0.6) is 0 Å². The van der Waals surface area contributed by atoms with Crippen LogP contribution >= 0.6 is 45.8 Å². The highest BCUT2D eigenvalue weighted by Gasteiger charge is 1.99. The van der Waals surface area contributed by atoms with Crippen LogP contribution in [0.3, 0.4) is 0 Å². The third-order valence-electron chi connectivity index (χ3n) is 1.19. The molecule has 1 aromatic carbocycles. The van der Waals surface area contributed by atoms with E-state index in [9.17, 15) is 0 Å². The van der Waals surface area contributed by atoms with Gasteiger partial charge in [-0.1, -0.05) is 53.5 Å². The maximum absolute atomic E-state index is 5.88. The minimum atomic E-state index is 0.593. The van der Waals surface area contributed by atoms with Gasteiger partial charge in [0.15, 0.2) is 0 Å². The van der Waals surface area contributed by atoms with Gasteiger partial charge in [0.05, 0.1) is 8.07 Å². The van der Waals surface area contributed by atoms with Crippen LogP contribution in [-0.2, 0) is 0 Å². The van der Waals surface area contributed by atoms with Crippen LogP contribution in [0, 0.1) is 0 Å². The predicted molar refractivity (Wildman–Crippen MR) is 59.1 cm³/mol. The molecule has 0 aliphatic heterocycles. The summed E-state index contributed by atoms with van der Waals surface area (Å²) in [6.45, 7) is 0. The van der Waals surface area contributed by atoms with E-state index < -0.39 is 0 Å². The van der Waals surface area contributed by atoms with Crippen LogP contribution in [0.1, 0.15) is 5.56 Å². The molecule has 58 valence electrons. The molecule has 0 spiro atoms. The summed E-state index contributed by atoms with van der Waals surface area (Å²) in [5.41, 5.74) is 0.952. The van der Waals surface area contributed by atoms with Gasteiger partial charge in [-0.25, -0.2) is 0 Å². The van der Waals surface area contributed by atoms with Crippen molar-refractivity contribution in [2.45, 2.75) is 0 Å². The predicted octanol–water partition coefficient (Wildman–Crippen LogP) is 4.23. The summed E-state index contributed by atoms with van der Waals surface area (Å²) < 4.78 is 0.593. The van der Waals surface area contributed by atoms with Gasteiger partial charge >= 0.3 is 0 Å². The van der Waals surface area contributed by atoms with Crippen molar-refractivity contribution in [2.75, 3.05) is 0 Å². The summed E-state index contributed by atoms with van der Waals surface area (Å²) in [6.07, 6.45) is 0. The number of hydrogen-bond donors (Lipinski definition) is 0. The van der Waals surface area contributed by atoms with Crippen molar-refractivity contribution in [3.8, 4) is 0 Å². The Labute approximate surface area is 89.3 Å². The van der Waals surface area contributed by atoms with Gasteiger partial charge in [-0.15, -0.1) is 0 Å². The topological polar surface area (TPSA) is 0 Å². The molecule has 0 saturated heterocycles. The molecule has 0 unspecified atom stereocenters. The lowest BCUT2D eigenvalue weighted by molar-refractivity contribution is 1.65. The van der Waals surface area contributed by atoms with E-state index in [0.29, 0.717) is 8.07 Å². The highest BCUT2D eigenvalue weighted by atomic mass is 127. The zero-order valence-electron chi connectivity index (χ0n) is 5.52. The molecular formula is C8H5Cl2I. The lowest BCUT2D eigenvalue weighted by Crippen LogP contribution is -1.74. The van der Waals surface area contributed by atoms with E-state index in [1.807, 2.05) is 52.9 Å². The molecule has 1 rings (SSSR count). The summed E-state index contributed by atoms with van der Waals surface area (Å²) in [7, 11) is 0. The third-order valence-corrected chi connectivity index (χ3v) is 2.74. The van der Waals surface area contributed by atoms with Crippen LogP contribution in [0.15, 0.2) is 33.4 Å². The van der Waals surface area contributed by atoms with Crippen LogP contribution < -0.4 is 0 Å². The number of rotatable bonds is 1. The van der Waals surface area contributed by atoms with Crippen molar-refractivity contribution in [2.24, 2.45) is 0 Å². The van der Waals surface area contributed by atoms with Gasteiger partial charge in [0.25, 0.3) is 0 Å². The molecule has 11 heavy (non-hydrogen) atoms. The molecule has 0 amide bonds. The second-order valence-electron chi connectivity index (χ2n) is 1.94. The third kappa shape index (κ3) is 2.65. The van der Waals surface area contributed by atoms with Crippen LogP contribution in [0.4, 0.5) is 0 Å². The van der Waals surface area contributed by atoms with Gasteiger partial charge in [-0.05, 0) is 28.2 Å². The molecular weight excluding hydrogens is 294 g/mol. The fourth-order valence-corrected chi connectivity index (χ4v) is 1.24. The van der Waals surface area contributed by atoms with Crippen LogP contribution in [0.25, 0.3) is 5.03 Å². The SMILES string of the molecule is Cl/C(I)=C(/Cl)c1ccccc1. The molecule has 0 heterocycles. The van der Waals surface area contributed by atoms with Crippen molar-refractivity contribution < 1.29 is 0 Å². The van der Waals surface area contributed by atoms with E-state index in [4.69, 9.17) is 23.2 Å². The number of benzene rings is 1.